The van der Waals surface area contributed by atoms with Gasteiger partial charge in [-0.2, -0.15) is 0 Å². The van der Waals surface area contributed by atoms with Gasteiger partial charge in [-0.3, -0.25) is 4.79 Å². The third-order valence-corrected chi connectivity index (χ3v) is 3.61. The molecule has 3 aliphatic carbocycles. The highest BCUT2D eigenvalue weighted by Gasteiger charge is 2.57. The van der Waals surface area contributed by atoms with Gasteiger partial charge in [0, 0.05) is 5.92 Å². The van der Waals surface area contributed by atoms with Gasteiger partial charge < -0.3 is 0 Å². The average Bonchev–Trinajstić information content (AvgIpc) is 1.93. The van der Waals surface area contributed by atoms with Crippen LogP contribution in [0.2, 0.25) is 0 Å². The van der Waals surface area contributed by atoms with Gasteiger partial charge in [-0.05, 0) is 24.2 Å². The van der Waals surface area contributed by atoms with E-state index >= 15 is 0 Å². The van der Waals surface area contributed by atoms with E-state index in [-0.39, 0.29) is 17.1 Å². The van der Waals surface area contributed by atoms with Gasteiger partial charge in [0.05, 0.1) is 0 Å². The van der Waals surface area contributed by atoms with Gasteiger partial charge in [-0.1, -0.05) is 13.8 Å². The van der Waals surface area contributed by atoms with E-state index in [9.17, 15) is 9.18 Å². The summed E-state index contributed by atoms with van der Waals surface area (Å²) >= 11 is 0. The molecule has 0 aromatic heterocycles. The van der Waals surface area contributed by atoms with Crippen molar-refractivity contribution >= 4 is 5.78 Å². The first-order valence-electron chi connectivity index (χ1n) is 4.21. The highest BCUT2D eigenvalue weighted by atomic mass is 19.1. The lowest BCUT2D eigenvalue weighted by molar-refractivity contribution is -0.158. The van der Waals surface area contributed by atoms with Crippen LogP contribution >= 0.6 is 0 Å². The molecule has 3 saturated carbocycles. The van der Waals surface area contributed by atoms with Crippen molar-refractivity contribution in [3.05, 3.63) is 0 Å². The molecule has 2 bridgehead atoms. The maximum Gasteiger partial charge on any atom is 0.170 e. The summed E-state index contributed by atoms with van der Waals surface area (Å²) in [5.74, 6) is 0.342. The summed E-state index contributed by atoms with van der Waals surface area (Å²) in [7, 11) is 0. The van der Waals surface area contributed by atoms with Crippen molar-refractivity contribution < 1.29 is 9.18 Å². The zero-order chi connectivity index (χ0) is 8.22. The lowest BCUT2D eigenvalue weighted by atomic mass is 9.48. The fourth-order valence-electron chi connectivity index (χ4n) is 2.48. The van der Waals surface area contributed by atoms with Crippen LogP contribution in [0.3, 0.4) is 0 Å². The minimum Gasteiger partial charge on any atom is -0.296 e. The topological polar surface area (TPSA) is 17.1 Å². The molecule has 0 saturated heterocycles. The zero-order valence-electron chi connectivity index (χ0n) is 6.93. The lowest BCUT2D eigenvalue weighted by Gasteiger charge is -2.56. The Morgan fingerprint density at radius 2 is 2.09 bits per heavy atom. The first-order valence-corrected chi connectivity index (χ1v) is 4.21. The maximum absolute atomic E-state index is 12.9. The van der Waals surface area contributed by atoms with Gasteiger partial charge in [0.2, 0.25) is 0 Å². The lowest BCUT2D eigenvalue weighted by Crippen LogP contribution is -2.57. The predicted molar refractivity (Wildman–Crippen MR) is 39.9 cm³/mol. The minimum absolute atomic E-state index is 0.0243. The summed E-state index contributed by atoms with van der Waals surface area (Å²) < 4.78 is 12.9. The molecule has 0 amide bonds. The Bertz CT molecular complexity index is 210. The molecule has 1 nitrogen and oxygen atoms in total. The highest BCUT2D eigenvalue weighted by molar-refractivity contribution is 5.88. The monoisotopic (exact) mass is 156 g/mol. The molecule has 0 aromatic carbocycles. The van der Waals surface area contributed by atoms with Crippen LogP contribution in [0.1, 0.15) is 26.7 Å². The van der Waals surface area contributed by atoms with Crippen LogP contribution in [-0.4, -0.2) is 12.0 Å². The molecule has 0 N–H and O–H groups in total. The molecule has 62 valence electrons. The molecule has 0 radical (unpaired) electrons. The van der Waals surface area contributed by atoms with E-state index in [1.807, 2.05) is 0 Å². The molecular formula is C9H13FO. The molecule has 0 unspecified atom stereocenters. The first kappa shape index (κ1) is 7.26. The number of halogens is 1. The maximum atomic E-state index is 12.9. The van der Waals surface area contributed by atoms with Crippen molar-refractivity contribution in [1.29, 1.82) is 0 Å². The molecule has 3 atom stereocenters. The van der Waals surface area contributed by atoms with Crippen molar-refractivity contribution in [1.82, 2.24) is 0 Å². The van der Waals surface area contributed by atoms with Gasteiger partial charge in [0.15, 0.2) is 12.0 Å². The third-order valence-electron chi connectivity index (χ3n) is 3.61. The van der Waals surface area contributed by atoms with E-state index in [4.69, 9.17) is 0 Å². The summed E-state index contributed by atoms with van der Waals surface area (Å²) in [5, 5.41) is 0. The number of hydrogen-bond donors (Lipinski definition) is 0. The first-order chi connectivity index (χ1) is 5.03. The number of fused-ring (bicyclic) bond motifs is 2. The fourth-order valence-corrected chi connectivity index (χ4v) is 2.48. The summed E-state index contributed by atoms with van der Waals surface area (Å²) in [5.41, 5.74) is 0.0969. The molecule has 0 spiro atoms. The van der Waals surface area contributed by atoms with E-state index in [0.29, 0.717) is 12.3 Å². The second-order valence-electron chi connectivity index (χ2n) is 4.41. The molecule has 2 heteroatoms. The van der Waals surface area contributed by atoms with Crippen LogP contribution in [0, 0.1) is 17.3 Å². The normalized spacial score (nSPS) is 46.8. The third kappa shape index (κ3) is 0.728. The molecule has 3 rings (SSSR count). The number of rotatable bonds is 0. The fraction of sp³-hybridized carbons (Fsp3) is 0.889. The summed E-state index contributed by atoms with van der Waals surface area (Å²) in [6.07, 6.45) is 0.265. The van der Waals surface area contributed by atoms with Crippen LogP contribution in [0.4, 0.5) is 4.39 Å². The largest absolute Gasteiger partial charge is 0.296 e. The SMILES string of the molecule is CC1(C)[C@H]2C[C@@H](F)C(=O)[C@@H]1C2. The number of ketones is 1. The Labute approximate surface area is 66.0 Å². The Morgan fingerprint density at radius 3 is 2.45 bits per heavy atom. The summed E-state index contributed by atoms with van der Waals surface area (Å²) in [4.78, 5) is 11.2. The van der Waals surface area contributed by atoms with Crippen LogP contribution in [-0.2, 0) is 4.79 Å². The summed E-state index contributed by atoms with van der Waals surface area (Å²) in [6, 6.07) is 0. The minimum atomic E-state index is -1.15. The standard InChI is InChI=1S/C9H13FO/c1-9(2)5-3-6(9)8(11)7(10)4-5/h5-7H,3-4H2,1-2H3/t5-,6+,7-/m1/s1. The van der Waals surface area contributed by atoms with Crippen molar-refractivity contribution in [3.63, 3.8) is 0 Å². The van der Waals surface area contributed by atoms with Crippen LogP contribution < -0.4 is 0 Å². The smallest absolute Gasteiger partial charge is 0.170 e. The Kier molecular flexibility index (Phi) is 1.22. The molecule has 0 aliphatic heterocycles. The van der Waals surface area contributed by atoms with E-state index in [1.165, 1.54) is 0 Å². The Morgan fingerprint density at radius 1 is 1.45 bits per heavy atom. The van der Waals surface area contributed by atoms with Crippen molar-refractivity contribution in [3.8, 4) is 0 Å². The number of carbonyl (C=O) groups is 1. The predicted octanol–water partition coefficient (Wildman–Crippen LogP) is 1.96. The van der Waals surface area contributed by atoms with Gasteiger partial charge in [0.1, 0.15) is 0 Å². The van der Waals surface area contributed by atoms with Crippen molar-refractivity contribution in [2.45, 2.75) is 32.9 Å². The molecule has 3 fully saturated rings. The Hall–Kier alpha value is -0.400. The molecule has 0 aromatic rings. The highest BCUT2D eigenvalue weighted by Crippen LogP contribution is 2.57. The van der Waals surface area contributed by atoms with Crippen LogP contribution in [0.5, 0.6) is 0 Å². The average molecular weight is 156 g/mol. The van der Waals surface area contributed by atoms with Crippen LogP contribution in [0.25, 0.3) is 0 Å². The van der Waals surface area contributed by atoms with Gasteiger partial charge in [-0.25, -0.2) is 4.39 Å². The number of alkyl halides is 1. The number of hydrogen-bond acceptors (Lipinski definition) is 1. The summed E-state index contributed by atoms with van der Waals surface area (Å²) in [6.45, 7) is 4.16. The van der Waals surface area contributed by atoms with Crippen LogP contribution in [0.15, 0.2) is 0 Å². The zero-order valence-corrected chi connectivity index (χ0v) is 6.93. The van der Waals surface area contributed by atoms with E-state index in [2.05, 4.69) is 13.8 Å². The van der Waals surface area contributed by atoms with Crippen molar-refractivity contribution in [2.24, 2.45) is 17.3 Å². The second kappa shape index (κ2) is 1.85. The number of carbonyl (C=O) groups excluding carboxylic acids is 1. The Balaban J connectivity index is 2.23. The molecule has 3 aliphatic rings. The second-order valence-corrected chi connectivity index (χ2v) is 4.41. The number of Topliss-reactive ketones (excluding diaryl/α,β-unsaturated/α-hetero) is 1. The van der Waals surface area contributed by atoms with E-state index in [0.717, 1.165) is 6.42 Å². The van der Waals surface area contributed by atoms with Crippen molar-refractivity contribution in [2.75, 3.05) is 0 Å². The van der Waals surface area contributed by atoms with E-state index < -0.39 is 6.17 Å². The van der Waals surface area contributed by atoms with Gasteiger partial charge in [0.25, 0.3) is 0 Å². The van der Waals surface area contributed by atoms with Gasteiger partial charge >= 0.3 is 0 Å². The van der Waals surface area contributed by atoms with Gasteiger partial charge in [-0.15, -0.1) is 0 Å². The molecule has 0 heterocycles. The van der Waals surface area contributed by atoms with E-state index in [1.54, 1.807) is 0 Å². The molecular weight excluding hydrogens is 143 g/mol. The quantitative estimate of drug-likeness (QED) is 0.524. The molecule has 11 heavy (non-hydrogen) atoms.